The fourth-order valence-corrected chi connectivity index (χ4v) is 3.28. The van der Waals surface area contributed by atoms with Gasteiger partial charge in [-0.1, -0.05) is 6.07 Å². The predicted octanol–water partition coefficient (Wildman–Crippen LogP) is 2.08. The van der Waals surface area contributed by atoms with E-state index < -0.39 is 17.7 Å². The van der Waals surface area contributed by atoms with Crippen LogP contribution in [0, 0.1) is 11.6 Å². The third-order valence-corrected chi connectivity index (χ3v) is 5.12. The minimum atomic E-state index is -0.935. The number of amides is 2. The minimum absolute atomic E-state index is 0.00240. The zero-order chi connectivity index (χ0) is 18.4. The van der Waals surface area contributed by atoms with E-state index in [2.05, 4.69) is 0 Å². The Labute approximate surface area is 150 Å². The molecule has 1 unspecified atom stereocenters. The van der Waals surface area contributed by atoms with E-state index >= 15 is 0 Å². The van der Waals surface area contributed by atoms with Crippen molar-refractivity contribution < 1.29 is 23.1 Å². The van der Waals surface area contributed by atoms with Gasteiger partial charge in [0.15, 0.2) is 11.6 Å². The lowest BCUT2D eigenvalue weighted by atomic mass is 10.1. The topological polar surface area (TPSA) is 49.9 Å². The molecule has 1 aliphatic rings. The van der Waals surface area contributed by atoms with Crippen LogP contribution in [0.25, 0.3) is 0 Å². The molecule has 1 heterocycles. The maximum Gasteiger partial charge on any atom is 0.232 e. The van der Waals surface area contributed by atoms with Crippen molar-refractivity contribution >= 4 is 23.6 Å². The maximum atomic E-state index is 13.3. The van der Waals surface area contributed by atoms with Gasteiger partial charge in [-0.05, 0) is 24.6 Å². The summed E-state index contributed by atoms with van der Waals surface area (Å²) in [5, 5.41) is 0. The van der Waals surface area contributed by atoms with Crippen molar-refractivity contribution in [2.24, 2.45) is 0 Å². The SMILES string of the molecule is CC(c1ccc(F)c(F)c1)N(C)C(=O)CSCC(=O)N1CCOCC1. The molecule has 1 aliphatic heterocycles. The van der Waals surface area contributed by atoms with E-state index in [0.29, 0.717) is 31.9 Å². The summed E-state index contributed by atoms with van der Waals surface area (Å²) in [6, 6.07) is 3.22. The van der Waals surface area contributed by atoms with E-state index in [1.165, 1.54) is 22.7 Å². The highest BCUT2D eigenvalue weighted by atomic mass is 32.2. The first kappa shape index (κ1) is 19.7. The fraction of sp³-hybridized carbons (Fsp3) is 0.529. The van der Waals surface area contributed by atoms with Gasteiger partial charge in [0.2, 0.25) is 11.8 Å². The van der Waals surface area contributed by atoms with Gasteiger partial charge in [-0.15, -0.1) is 11.8 Å². The molecule has 1 saturated heterocycles. The Morgan fingerprint density at radius 2 is 1.92 bits per heavy atom. The lowest BCUT2D eigenvalue weighted by molar-refractivity contribution is -0.132. The average Bonchev–Trinajstić information content (AvgIpc) is 2.63. The number of carbonyl (C=O) groups excluding carboxylic acids is 2. The summed E-state index contributed by atoms with van der Waals surface area (Å²) in [7, 11) is 1.61. The monoisotopic (exact) mass is 372 g/mol. The number of ether oxygens (including phenoxy) is 1. The highest BCUT2D eigenvalue weighted by Gasteiger charge is 2.20. The van der Waals surface area contributed by atoms with Crippen LogP contribution < -0.4 is 0 Å². The number of halogens is 2. The first-order valence-corrected chi connectivity index (χ1v) is 9.19. The number of hydrogen-bond donors (Lipinski definition) is 0. The van der Waals surface area contributed by atoms with E-state index in [0.717, 1.165) is 12.1 Å². The van der Waals surface area contributed by atoms with Crippen LogP contribution in [0.3, 0.4) is 0 Å². The van der Waals surface area contributed by atoms with E-state index in [4.69, 9.17) is 4.74 Å². The van der Waals surface area contributed by atoms with Crippen LogP contribution in [0.5, 0.6) is 0 Å². The van der Waals surface area contributed by atoms with E-state index in [1.807, 2.05) is 0 Å². The maximum absolute atomic E-state index is 13.3. The predicted molar refractivity (Wildman–Crippen MR) is 92.3 cm³/mol. The summed E-state index contributed by atoms with van der Waals surface area (Å²) >= 11 is 1.25. The Hall–Kier alpha value is -1.67. The molecule has 0 spiro atoms. The molecule has 1 aromatic carbocycles. The van der Waals surface area contributed by atoms with Crippen LogP contribution >= 0.6 is 11.8 Å². The molecule has 0 bridgehead atoms. The van der Waals surface area contributed by atoms with Gasteiger partial charge in [-0.25, -0.2) is 8.78 Å². The Bertz CT molecular complexity index is 624. The molecular weight excluding hydrogens is 350 g/mol. The molecule has 0 saturated carbocycles. The van der Waals surface area contributed by atoms with Gasteiger partial charge in [-0.2, -0.15) is 0 Å². The molecule has 0 N–H and O–H groups in total. The number of thioether (sulfide) groups is 1. The van der Waals surface area contributed by atoms with Crippen LogP contribution in [0.1, 0.15) is 18.5 Å². The summed E-state index contributed by atoms with van der Waals surface area (Å²) in [6.45, 7) is 4.00. The smallest absolute Gasteiger partial charge is 0.232 e. The summed E-state index contributed by atoms with van der Waals surface area (Å²) in [6.07, 6.45) is 0. The zero-order valence-corrected chi connectivity index (χ0v) is 15.2. The summed E-state index contributed by atoms with van der Waals surface area (Å²) in [5.41, 5.74) is 0.518. The van der Waals surface area contributed by atoms with E-state index in [1.54, 1.807) is 18.9 Å². The minimum Gasteiger partial charge on any atom is -0.378 e. The van der Waals surface area contributed by atoms with E-state index in [-0.39, 0.29) is 23.3 Å². The number of carbonyl (C=O) groups is 2. The normalized spacial score (nSPS) is 15.8. The molecule has 1 aromatic rings. The third kappa shape index (κ3) is 5.40. The number of benzene rings is 1. The summed E-state index contributed by atoms with van der Waals surface area (Å²) < 4.78 is 31.6. The standard InChI is InChI=1S/C17H22F2N2O3S/c1-12(13-3-4-14(18)15(19)9-13)20(2)16(22)10-25-11-17(23)21-5-7-24-8-6-21/h3-4,9,12H,5-8,10-11H2,1-2H3. The first-order valence-electron chi connectivity index (χ1n) is 8.04. The molecule has 8 heteroatoms. The van der Waals surface area contributed by atoms with Crippen molar-refractivity contribution in [3.8, 4) is 0 Å². The number of hydrogen-bond acceptors (Lipinski definition) is 4. The van der Waals surface area contributed by atoms with Crippen LogP contribution in [0.2, 0.25) is 0 Å². The molecule has 0 aliphatic carbocycles. The number of morpholine rings is 1. The van der Waals surface area contributed by atoms with Crippen LogP contribution in [-0.4, -0.2) is 66.5 Å². The lowest BCUT2D eigenvalue weighted by Crippen LogP contribution is -2.41. The molecule has 0 radical (unpaired) electrons. The third-order valence-electron chi connectivity index (χ3n) is 4.22. The van der Waals surface area contributed by atoms with Gasteiger partial charge in [-0.3, -0.25) is 9.59 Å². The summed E-state index contributed by atoms with van der Waals surface area (Å²) in [5.74, 6) is -1.63. The van der Waals surface area contributed by atoms with Crippen LogP contribution in [-0.2, 0) is 14.3 Å². The molecule has 138 valence electrons. The van der Waals surface area contributed by atoms with Crippen LogP contribution in [0.4, 0.5) is 8.78 Å². The van der Waals surface area contributed by atoms with Crippen molar-refractivity contribution in [2.75, 3.05) is 44.9 Å². The molecule has 1 atom stereocenters. The van der Waals surface area contributed by atoms with Crippen molar-refractivity contribution in [3.05, 3.63) is 35.4 Å². The van der Waals surface area contributed by atoms with E-state index in [9.17, 15) is 18.4 Å². The van der Waals surface area contributed by atoms with Crippen LogP contribution in [0.15, 0.2) is 18.2 Å². The highest BCUT2D eigenvalue weighted by Crippen LogP contribution is 2.21. The average molecular weight is 372 g/mol. The second kappa shape index (κ2) is 9.15. The van der Waals surface area contributed by atoms with Gasteiger partial charge in [0.25, 0.3) is 0 Å². The molecule has 0 aromatic heterocycles. The summed E-state index contributed by atoms with van der Waals surface area (Å²) in [4.78, 5) is 27.5. The molecule has 2 amide bonds. The largest absolute Gasteiger partial charge is 0.378 e. The second-order valence-corrected chi connectivity index (χ2v) is 6.83. The van der Waals surface area contributed by atoms with Gasteiger partial charge in [0, 0.05) is 20.1 Å². The Kier molecular flexibility index (Phi) is 7.19. The molecule has 25 heavy (non-hydrogen) atoms. The van der Waals surface area contributed by atoms with Gasteiger partial charge in [0.05, 0.1) is 30.8 Å². The van der Waals surface area contributed by atoms with Crippen molar-refractivity contribution in [3.63, 3.8) is 0 Å². The van der Waals surface area contributed by atoms with Crippen molar-refractivity contribution in [1.29, 1.82) is 0 Å². The molecule has 2 rings (SSSR count). The van der Waals surface area contributed by atoms with Gasteiger partial charge >= 0.3 is 0 Å². The Balaban J connectivity index is 1.80. The van der Waals surface area contributed by atoms with Gasteiger partial charge in [0.1, 0.15) is 0 Å². The Morgan fingerprint density at radius 3 is 2.56 bits per heavy atom. The lowest BCUT2D eigenvalue weighted by Gasteiger charge is -2.27. The highest BCUT2D eigenvalue weighted by molar-refractivity contribution is 8.00. The number of nitrogens with zero attached hydrogens (tertiary/aromatic N) is 2. The Morgan fingerprint density at radius 1 is 1.24 bits per heavy atom. The second-order valence-electron chi connectivity index (χ2n) is 5.84. The first-order chi connectivity index (χ1) is 11.9. The fourth-order valence-electron chi connectivity index (χ4n) is 2.44. The van der Waals surface area contributed by atoms with Gasteiger partial charge < -0.3 is 14.5 Å². The van der Waals surface area contributed by atoms with Crippen molar-refractivity contribution in [1.82, 2.24) is 9.80 Å². The zero-order valence-electron chi connectivity index (χ0n) is 14.3. The molecule has 5 nitrogen and oxygen atoms in total. The number of rotatable bonds is 6. The quantitative estimate of drug-likeness (QED) is 0.767. The van der Waals surface area contributed by atoms with Crippen molar-refractivity contribution in [2.45, 2.75) is 13.0 Å². The molecule has 1 fully saturated rings. The molecular formula is C17H22F2N2O3S.